The highest BCUT2D eigenvalue weighted by molar-refractivity contribution is 7.88. The summed E-state index contributed by atoms with van der Waals surface area (Å²) < 4.78 is 27.0. The Labute approximate surface area is 188 Å². The van der Waals surface area contributed by atoms with Crippen LogP contribution in [-0.4, -0.2) is 64.9 Å². The molecule has 10 heteroatoms. The Morgan fingerprint density at radius 2 is 1.81 bits per heavy atom. The molecule has 174 valence electrons. The monoisotopic (exact) mass is 462 g/mol. The van der Waals surface area contributed by atoms with Gasteiger partial charge in [-0.15, -0.1) is 0 Å². The van der Waals surface area contributed by atoms with Gasteiger partial charge < -0.3 is 10.4 Å². The molecule has 9 nitrogen and oxygen atoms in total. The third kappa shape index (κ3) is 5.74. The van der Waals surface area contributed by atoms with E-state index in [2.05, 4.69) is 10.4 Å². The predicted octanol–water partition coefficient (Wildman–Crippen LogP) is 1.97. The minimum absolute atomic E-state index is 0.00641. The first-order valence-electron chi connectivity index (χ1n) is 10.6. The zero-order chi connectivity index (χ0) is 23.5. The first-order chi connectivity index (χ1) is 15.1. The summed E-state index contributed by atoms with van der Waals surface area (Å²) in [7, 11) is -1.42. The van der Waals surface area contributed by atoms with Gasteiger partial charge in [-0.05, 0) is 30.7 Å². The van der Waals surface area contributed by atoms with Crippen molar-refractivity contribution in [2.75, 3.05) is 19.3 Å². The van der Waals surface area contributed by atoms with Crippen LogP contribution in [0.4, 0.5) is 0 Å². The molecule has 0 radical (unpaired) electrons. The minimum Gasteiger partial charge on any atom is -0.481 e. The molecule has 0 spiro atoms. The number of nitrogens with zero attached hydrogens (tertiary/aromatic N) is 3. The molecule has 1 amide bonds. The van der Waals surface area contributed by atoms with Crippen molar-refractivity contribution in [3.8, 4) is 11.3 Å². The zero-order valence-electron chi connectivity index (χ0n) is 18.6. The Morgan fingerprint density at radius 3 is 2.44 bits per heavy atom. The van der Waals surface area contributed by atoms with Crippen molar-refractivity contribution in [3.05, 3.63) is 42.1 Å². The van der Waals surface area contributed by atoms with Gasteiger partial charge in [0.05, 0.1) is 11.9 Å². The van der Waals surface area contributed by atoms with Crippen molar-refractivity contribution < 1.29 is 23.1 Å². The number of carboxylic acid groups (broad SMARTS) is 1. The number of carboxylic acids is 1. The van der Waals surface area contributed by atoms with Crippen molar-refractivity contribution in [2.45, 2.75) is 32.2 Å². The Hall–Kier alpha value is -2.72. The maximum atomic E-state index is 12.9. The van der Waals surface area contributed by atoms with E-state index < -0.39 is 16.0 Å². The molecule has 1 aromatic carbocycles. The SMILES string of the molecule is CC(=O)O.Cn1nc(-c2ccccc2)cc1C(=O)N[C@H]1CCC[C@H]2CN(S(C)(=O)=O)C[C@H]21. The van der Waals surface area contributed by atoms with E-state index >= 15 is 0 Å². The summed E-state index contributed by atoms with van der Waals surface area (Å²) in [4.78, 5) is 21.9. The molecule has 2 N–H and O–H groups in total. The number of nitrogens with one attached hydrogen (secondary N) is 1. The van der Waals surface area contributed by atoms with E-state index in [0.29, 0.717) is 24.7 Å². The second kappa shape index (κ2) is 9.83. The lowest BCUT2D eigenvalue weighted by Gasteiger charge is -2.33. The molecule has 2 fully saturated rings. The molecular weight excluding hydrogens is 432 g/mol. The van der Waals surface area contributed by atoms with E-state index in [-0.39, 0.29) is 17.9 Å². The Kier molecular flexibility index (Phi) is 7.35. The quantitative estimate of drug-likeness (QED) is 0.716. The number of aliphatic carboxylic acids is 1. The van der Waals surface area contributed by atoms with Gasteiger partial charge in [-0.1, -0.05) is 36.8 Å². The van der Waals surface area contributed by atoms with E-state index in [4.69, 9.17) is 9.90 Å². The van der Waals surface area contributed by atoms with Crippen LogP contribution in [-0.2, 0) is 21.9 Å². The van der Waals surface area contributed by atoms with E-state index in [9.17, 15) is 13.2 Å². The summed E-state index contributed by atoms with van der Waals surface area (Å²) in [5.41, 5.74) is 2.24. The van der Waals surface area contributed by atoms with Crippen molar-refractivity contribution in [1.82, 2.24) is 19.4 Å². The number of carbonyl (C=O) groups excluding carboxylic acids is 1. The third-order valence-electron chi connectivity index (χ3n) is 6.03. The van der Waals surface area contributed by atoms with Crippen LogP contribution in [0.25, 0.3) is 11.3 Å². The van der Waals surface area contributed by atoms with Crippen molar-refractivity contribution in [3.63, 3.8) is 0 Å². The highest BCUT2D eigenvalue weighted by Crippen LogP contribution is 2.37. The summed E-state index contributed by atoms with van der Waals surface area (Å²) in [6.45, 7) is 2.15. The van der Waals surface area contributed by atoms with E-state index in [1.807, 2.05) is 36.4 Å². The molecular formula is C22H30N4O5S. The van der Waals surface area contributed by atoms with Gasteiger partial charge in [0, 0.05) is 38.7 Å². The number of sulfonamides is 1. The van der Waals surface area contributed by atoms with Gasteiger partial charge in [-0.3, -0.25) is 14.3 Å². The number of aryl methyl sites for hydroxylation is 1. The minimum atomic E-state index is -3.19. The molecule has 1 saturated heterocycles. The van der Waals surface area contributed by atoms with Gasteiger partial charge in [0.15, 0.2) is 0 Å². The molecule has 2 heterocycles. The van der Waals surface area contributed by atoms with E-state index in [1.54, 1.807) is 16.0 Å². The fraction of sp³-hybridized carbons (Fsp3) is 0.500. The Bertz CT molecular complexity index is 1060. The molecule has 32 heavy (non-hydrogen) atoms. The fourth-order valence-electron chi connectivity index (χ4n) is 4.55. The number of benzene rings is 1. The van der Waals surface area contributed by atoms with Crippen LogP contribution in [0.2, 0.25) is 0 Å². The number of aromatic nitrogens is 2. The average molecular weight is 463 g/mol. The number of amides is 1. The second-order valence-electron chi connectivity index (χ2n) is 8.44. The Balaban J connectivity index is 0.000000668. The van der Waals surface area contributed by atoms with Crippen LogP contribution in [0, 0.1) is 11.8 Å². The van der Waals surface area contributed by atoms with E-state index in [1.165, 1.54) is 6.26 Å². The molecule has 0 unspecified atom stereocenters. The number of hydrogen-bond acceptors (Lipinski definition) is 5. The topological polar surface area (TPSA) is 122 Å². The second-order valence-corrected chi connectivity index (χ2v) is 10.4. The maximum absolute atomic E-state index is 12.9. The first-order valence-corrected chi connectivity index (χ1v) is 12.5. The molecule has 1 aliphatic heterocycles. The lowest BCUT2D eigenvalue weighted by Crippen LogP contribution is -2.45. The molecule has 3 atom stereocenters. The molecule has 2 aliphatic rings. The Morgan fingerprint density at radius 1 is 1.16 bits per heavy atom. The van der Waals surface area contributed by atoms with Crippen molar-refractivity contribution in [2.24, 2.45) is 18.9 Å². The van der Waals surface area contributed by atoms with Gasteiger partial charge in [0.2, 0.25) is 10.0 Å². The number of carbonyl (C=O) groups is 2. The van der Waals surface area contributed by atoms with Gasteiger partial charge in [0.25, 0.3) is 11.9 Å². The van der Waals surface area contributed by atoms with Gasteiger partial charge >= 0.3 is 0 Å². The predicted molar refractivity (Wildman–Crippen MR) is 120 cm³/mol. The van der Waals surface area contributed by atoms with Gasteiger partial charge in [0.1, 0.15) is 5.69 Å². The molecule has 1 aromatic heterocycles. The number of hydrogen-bond donors (Lipinski definition) is 2. The number of fused-ring (bicyclic) bond motifs is 1. The van der Waals surface area contributed by atoms with Crippen LogP contribution >= 0.6 is 0 Å². The molecule has 0 bridgehead atoms. The fourth-order valence-corrected chi connectivity index (χ4v) is 5.46. The first kappa shape index (κ1) is 23.9. The molecule has 2 aromatic rings. The lowest BCUT2D eigenvalue weighted by molar-refractivity contribution is -0.134. The summed E-state index contributed by atoms with van der Waals surface area (Å²) in [6, 6.07) is 11.6. The third-order valence-corrected chi connectivity index (χ3v) is 7.27. The lowest BCUT2D eigenvalue weighted by atomic mass is 9.78. The molecule has 4 rings (SSSR count). The number of rotatable bonds is 4. The average Bonchev–Trinajstić information content (AvgIpc) is 3.33. The highest BCUT2D eigenvalue weighted by Gasteiger charge is 2.43. The smallest absolute Gasteiger partial charge is 0.300 e. The van der Waals surface area contributed by atoms with Crippen molar-refractivity contribution in [1.29, 1.82) is 0 Å². The molecule has 1 aliphatic carbocycles. The zero-order valence-corrected chi connectivity index (χ0v) is 19.4. The van der Waals surface area contributed by atoms with Gasteiger partial charge in [-0.25, -0.2) is 12.7 Å². The summed E-state index contributed by atoms with van der Waals surface area (Å²) in [5.74, 6) is -0.491. The highest BCUT2D eigenvalue weighted by atomic mass is 32.2. The van der Waals surface area contributed by atoms with Crippen LogP contribution in [0.15, 0.2) is 36.4 Å². The standard InChI is InChI=1S/C20H26N4O3S.C2H4O2/c1-23-19(11-18(22-23)14-7-4-3-5-8-14)20(25)21-17-10-6-9-15-12-24(13-16(15)17)28(2,26)27;1-2(3)4/h3-5,7-8,11,15-17H,6,9-10,12-13H2,1-2H3,(H,21,25);1H3,(H,3,4)/t15-,16+,17-;/m0./s1. The van der Waals surface area contributed by atoms with Gasteiger partial charge in [-0.2, -0.15) is 5.10 Å². The summed E-state index contributed by atoms with van der Waals surface area (Å²) in [6.07, 6.45) is 4.17. The van der Waals surface area contributed by atoms with E-state index in [0.717, 1.165) is 37.4 Å². The van der Waals surface area contributed by atoms with Crippen LogP contribution in [0.5, 0.6) is 0 Å². The molecule has 1 saturated carbocycles. The van der Waals surface area contributed by atoms with Crippen LogP contribution < -0.4 is 5.32 Å². The van der Waals surface area contributed by atoms with Crippen LogP contribution in [0.1, 0.15) is 36.7 Å². The largest absolute Gasteiger partial charge is 0.481 e. The summed E-state index contributed by atoms with van der Waals surface area (Å²) in [5, 5.41) is 15.1. The maximum Gasteiger partial charge on any atom is 0.300 e. The van der Waals surface area contributed by atoms with Crippen LogP contribution in [0.3, 0.4) is 0 Å². The summed E-state index contributed by atoms with van der Waals surface area (Å²) >= 11 is 0. The normalized spacial score (nSPS) is 23.0. The van der Waals surface area contributed by atoms with Crippen molar-refractivity contribution >= 4 is 21.9 Å².